The molecule has 3 rings (SSSR count). The summed E-state index contributed by atoms with van der Waals surface area (Å²) in [5.74, 6) is 0.798. The van der Waals surface area contributed by atoms with Gasteiger partial charge in [0.05, 0.1) is 12.1 Å². The van der Waals surface area contributed by atoms with Gasteiger partial charge in [0.2, 0.25) is 0 Å². The van der Waals surface area contributed by atoms with Crippen molar-refractivity contribution in [2.24, 2.45) is 16.1 Å². The van der Waals surface area contributed by atoms with E-state index in [4.69, 9.17) is 0 Å². The molecule has 1 aliphatic carbocycles. The van der Waals surface area contributed by atoms with Crippen molar-refractivity contribution in [2.75, 3.05) is 0 Å². The summed E-state index contributed by atoms with van der Waals surface area (Å²) < 4.78 is 0. The standard InChI is InChI=1S/C13H13N4O/c1-8-4-5-14-11(6-8)13(18)15-12-7-10(16-17-12)9-2-3-9/h4-7,9H,2-3H2,1H3,(H,15,17,18). The van der Waals surface area contributed by atoms with E-state index >= 15 is 0 Å². The molecule has 1 radical (unpaired) electrons. The van der Waals surface area contributed by atoms with Gasteiger partial charge in [0, 0.05) is 6.20 Å². The van der Waals surface area contributed by atoms with Crippen LogP contribution in [0.4, 0.5) is 0 Å². The topological polar surface area (TPSA) is 66.7 Å². The van der Waals surface area contributed by atoms with Crippen LogP contribution in [-0.2, 0) is 0 Å². The van der Waals surface area contributed by atoms with Crippen molar-refractivity contribution in [1.82, 2.24) is 10.3 Å². The number of carbonyl (C=O) groups excluding carboxylic acids is 1. The summed E-state index contributed by atoms with van der Waals surface area (Å²) in [5, 5.41) is 10.7. The zero-order valence-electron chi connectivity index (χ0n) is 10.1. The van der Waals surface area contributed by atoms with Gasteiger partial charge >= 0.3 is 0 Å². The SMILES string of the molecule is Cc1ccnc(C(=O)NC2=NN=C(C3CC3)[CH]2)c1. The third kappa shape index (κ3) is 2.30. The number of amidine groups is 1. The molecule has 1 saturated carbocycles. The van der Waals surface area contributed by atoms with Gasteiger partial charge in [0.25, 0.3) is 5.91 Å². The number of amides is 1. The van der Waals surface area contributed by atoms with Crippen LogP contribution in [0, 0.1) is 19.3 Å². The molecule has 0 atom stereocenters. The van der Waals surface area contributed by atoms with Crippen molar-refractivity contribution in [2.45, 2.75) is 19.8 Å². The molecule has 1 N–H and O–H groups in total. The van der Waals surface area contributed by atoms with Gasteiger partial charge in [-0.2, -0.15) is 5.10 Å². The van der Waals surface area contributed by atoms with Crippen LogP contribution >= 0.6 is 0 Å². The Hall–Kier alpha value is -2.04. The Labute approximate surface area is 105 Å². The molecule has 0 spiro atoms. The lowest BCUT2D eigenvalue weighted by atomic mass is 10.2. The maximum Gasteiger partial charge on any atom is 0.275 e. The Morgan fingerprint density at radius 2 is 2.22 bits per heavy atom. The average molecular weight is 241 g/mol. The second-order valence-electron chi connectivity index (χ2n) is 4.60. The number of carbonyl (C=O) groups is 1. The van der Waals surface area contributed by atoms with Crippen LogP contribution in [0.25, 0.3) is 0 Å². The molecule has 5 nitrogen and oxygen atoms in total. The summed E-state index contributed by atoms with van der Waals surface area (Å²) in [5.41, 5.74) is 2.37. The Kier molecular flexibility index (Phi) is 2.66. The van der Waals surface area contributed by atoms with Crippen LogP contribution in [0.2, 0.25) is 0 Å². The van der Waals surface area contributed by atoms with E-state index < -0.39 is 0 Å². The zero-order valence-corrected chi connectivity index (χ0v) is 10.1. The highest BCUT2D eigenvalue weighted by atomic mass is 16.2. The highest BCUT2D eigenvalue weighted by Gasteiger charge is 2.31. The van der Waals surface area contributed by atoms with E-state index in [9.17, 15) is 4.79 Å². The Balaban J connectivity index is 1.62. The molecule has 1 aromatic rings. The summed E-state index contributed by atoms with van der Waals surface area (Å²) in [6.07, 6.45) is 5.80. The van der Waals surface area contributed by atoms with Crippen LogP contribution in [0.15, 0.2) is 28.5 Å². The normalized spacial score (nSPS) is 18.3. The number of aromatic nitrogens is 1. The zero-order chi connectivity index (χ0) is 12.5. The minimum Gasteiger partial charge on any atom is -0.307 e. The number of rotatable bonds is 2. The van der Waals surface area contributed by atoms with Crippen molar-refractivity contribution in [3.05, 3.63) is 36.0 Å². The molecule has 91 valence electrons. The number of aryl methyl sites for hydroxylation is 1. The van der Waals surface area contributed by atoms with Gasteiger partial charge in [-0.15, -0.1) is 5.10 Å². The summed E-state index contributed by atoms with van der Waals surface area (Å²) in [6, 6.07) is 3.60. The molecule has 1 fully saturated rings. The molecule has 0 saturated heterocycles. The van der Waals surface area contributed by atoms with Crippen LogP contribution in [0.3, 0.4) is 0 Å². The van der Waals surface area contributed by atoms with Crippen LogP contribution in [-0.4, -0.2) is 22.4 Å². The number of hydrogen-bond acceptors (Lipinski definition) is 4. The lowest BCUT2D eigenvalue weighted by Crippen LogP contribution is -2.31. The first-order valence-electron chi connectivity index (χ1n) is 5.97. The minimum atomic E-state index is -0.249. The maximum absolute atomic E-state index is 11.9. The Morgan fingerprint density at radius 3 is 2.94 bits per heavy atom. The number of hydrogen-bond donors (Lipinski definition) is 1. The molecule has 0 aromatic carbocycles. The second-order valence-corrected chi connectivity index (χ2v) is 4.60. The van der Waals surface area contributed by atoms with Gasteiger partial charge in [-0.3, -0.25) is 9.78 Å². The summed E-state index contributed by atoms with van der Waals surface area (Å²) in [6.45, 7) is 1.92. The number of nitrogens with one attached hydrogen (secondary N) is 1. The molecule has 1 aliphatic heterocycles. The smallest absolute Gasteiger partial charge is 0.275 e. The average Bonchev–Trinajstić information content (AvgIpc) is 3.11. The minimum absolute atomic E-state index is 0.249. The highest BCUT2D eigenvalue weighted by molar-refractivity contribution is 6.22. The third-order valence-electron chi connectivity index (χ3n) is 2.94. The summed E-state index contributed by atoms with van der Waals surface area (Å²) >= 11 is 0. The molecule has 1 aromatic heterocycles. The fourth-order valence-electron chi connectivity index (χ4n) is 1.79. The first-order chi connectivity index (χ1) is 8.72. The van der Waals surface area contributed by atoms with E-state index in [2.05, 4.69) is 20.5 Å². The van der Waals surface area contributed by atoms with Crippen LogP contribution in [0.1, 0.15) is 28.9 Å². The Morgan fingerprint density at radius 1 is 1.39 bits per heavy atom. The van der Waals surface area contributed by atoms with Crippen molar-refractivity contribution < 1.29 is 4.79 Å². The quantitative estimate of drug-likeness (QED) is 0.852. The van der Waals surface area contributed by atoms with Gasteiger partial charge in [-0.05, 0) is 43.4 Å². The van der Waals surface area contributed by atoms with Gasteiger partial charge in [-0.1, -0.05) is 0 Å². The number of nitrogens with zero attached hydrogens (tertiary/aromatic N) is 3. The molecule has 2 aliphatic rings. The first kappa shape index (κ1) is 11.1. The molecule has 5 heteroatoms. The number of pyridine rings is 1. The summed E-state index contributed by atoms with van der Waals surface area (Å²) in [7, 11) is 0. The lowest BCUT2D eigenvalue weighted by molar-refractivity contribution is 0.0972. The van der Waals surface area contributed by atoms with E-state index in [-0.39, 0.29) is 5.91 Å². The molecule has 2 heterocycles. The van der Waals surface area contributed by atoms with E-state index in [1.54, 1.807) is 12.3 Å². The van der Waals surface area contributed by atoms with Crippen molar-refractivity contribution in [3.8, 4) is 0 Å². The fraction of sp³-hybridized carbons (Fsp3) is 0.308. The van der Waals surface area contributed by atoms with E-state index in [1.807, 2.05) is 19.4 Å². The maximum atomic E-state index is 11.9. The van der Waals surface area contributed by atoms with Gasteiger partial charge in [0.15, 0.2) is 0 Å². The lowest BCUT2D eigenvalue weighted by Gasteiger charge is -2.03. The van der Waals surface area contributed by atoms with Crippen molar-refractivity contribution in [3.63, 3.8) is 0 Å². The van der Waals surface area contributed by atoms with Crippen molar-refractivity contribution in [1.29, 1.82) is 0 Å². The molecule has 1 amide bonds. The second kappa shape index (κ2) is 4.33. The fourth-order valence-corrected chi connectivity index (χ4v) is 1.79. The first-order valence-corrected chi connectivity index (χ1v) is 5.97. The van der Waals surface area contributed by atoms with Gasteiger partial charge in [-0.25, -0.2) is 0 Å². The van der Waals surface area contributed by atoms with Gasteiger partial charge in [0.1, 0.15) is 11.5 Å². The molecule has 0 unspecified atom stereocenters. The van der Waals surface area contributed by atoms with Crippen LogP contribution < -0.4 is 5.32 Å². The van der Waals surface area contributed by atoms with E-state index in [0.29, 0.717) is 17.4 Å². The highest BCUT2D eigenvalue weighted by Crippen LogP contribution is 2.32. The van der Waals surface area contributed by atoms with E-state index in [1.165, 1.54) is 12.8 Å². The molecule has 18 heavy (non-hydrogen) atoms. The molecular weight excluding hydrogens is 228 g/mol. The monoisotopic (exact) mass is 241 g/mol. The van der Waals surface area contributed by atoms with Crippen LogP contribution in [0.5, 0.6) is 0 Å². The summed E-state index contributed by atoms with van der Waals surface area (Å²) in [4.78, 5) is 15.9. The largest absolute Gasteiger partial charge is 0.307 e. The molecular formula is C13H13N4O. The predicted octanol–water partition coefficient (Wildman–Crippen LogP) is 1.50. The van der Waals surface area contributed by atoms with Crippen molar-refractivity contribution >= 4 is 17.5 Å². The predicted molar refractivity (Wildman–Crippen MR) is 68.3 cm³/mol. The van der Waals surface area contributed by atoms with Gasteiger partial charge < -0.3 is 5.32 Å². The molecule has 0 bridgehead atoms. The van der Waals surface area contributed by atoms with E-state index in [0.717, 1.165) is 11.3 Å². The Bertz CT molecular complexity index is 558. The third-order valence-corrected chi connectivity index (χ3v) is 2.94.